The Balaban J connectivity index is 2.00. The molecule has 0 aromatic carbocycles. The first-order valence-electron chi connectivity index (χ1n) is 6.58. The van der Waals surface area contributed by atoms with Crippen LogP contribution < -0.4 is 5.32 Å². The number of likely N-dealkylation sites (tertiary alicyclic amines) is 1. The number of hydrogen-bond donors (Lipinski definition) is 2. The number of urea groups is 1. The highest BCUT2D eigenvalue weighted by Crippen LogP contribution is 2.18. The van der Waals surface area contributed by atoms with Crippen molar-refractivity contribution in [3.8, 4) is 0 Å². The van der Waals surface area contributed by atoms with Gasteiger partial charge in [0.2, 0.25) is 0 Å². The number of amides is 2. The first kappa shape index (κ1) is 13.1. The molecule has 2 amide bonds. The quantitative estimate of drug-likeness (QED) is 0.702. The Morgan fingerprint density at radius 1 is 1.22 bits per heavy atom. The molecule has 2 rings (SSSR count). The Morgan fingerprint density at radius 3 is 2.50 bits per heavy atom. The van der Waals surface area contributed by atoms with Crippen LogP contribution in [-0.2, 0) is 4.79 Å². The highest BCUT2D eigenvalue weighted by molar-refractivity contribution is 5.83. The molecule has 0 aliphatic carbocycles. The summed E-state index contributed by atoms with van der Waals surface area (Å²) in [4.78, 5) is 26.8. The molecule has 2 aliphatic heterocycles. The SMILES string of the molecule is CC1CCN(C(=O)N2CCNCC2C(=O)O)CC1. The van der Waals surface area contributed by atoms with Gasteiger partial charge in [0.05, 0.1) is 0 Å². The maximum Gasteiger partial charge on any atom is 0.327 e. The molecule has 0 aromatic rings. The molecule has 2 aliphatic rings. The van der Waals surface area contributed by atoms with Gasteiger partial charge in [0.25, 0.3) is 0 Å². The van der Waals surface area contributed by atoms with Crippen molar-refractivity contribution in [2.75, 3.05) is 32.7 Å². The van der Waals surface area contributed by atoms with Crippen molar-refractivity contribution in [1.82, 2.24) is 15.1 Å². The average molecular weight is 255 g/mol. The topological polar surface area (TPSA) is 72.9 Å². The zero-order valence-electron chi connectivity index (χ0n) is 10.8. The van der Waals surface area contributed by atoms with Crippen LogP contribution in [-0.4, -0.2) is 65.7 Å². The molecular formula is C12H21N3O3. The van der Waals surface area contributed by atoms with Gasteiger partial charge in [0.15, 0.2) is 0 Å². The van der Waals surface area contributed by atoms with Crippen LogP contribution in [0.15, 0.2) is 0 Å². The number of carboxylic acid groups (broad SMARTS) is 1. The van der Waals surface area contributed by atoms with Crippen LogP contribution in [0.25, 0.3) is 0 Å². The Kier molecular flexibility index (Phi) is 4.06. The zero-order chi connectivity index (χ0) is 13.1. The van der Waals surface area contributed by atoms with E-state index >= 15 is 0 Å². The van der Waals surface area contributed by atoms with Gasteiger partial charge in [-0.1, -0.05) is 6.92 Å². The molecule has 2 heterocycles. The molecule has 6 heteroatoms. The van der Waals surface area contributed by atoms with E-state index in [1.807, 2.05) is 0 Å². The van der Waals surface area contributed by atoms with Crippen molar-refractivity contribution in [3.05, 3.63) is 0 Å². The lowest BCUT2D eigenvalue weighted by Crippen LogP contribution is -2.60. The Hall–Kier alpha value is -1.30. The van der Waals surface area contributed by atoms with E-state index in [0.29, 0.717) is 25.6 Å². The van der Waals surface area contributed by atoms with Crippen molar-refractivity contribution in [2.24, 2.45) is 5.92 Å². The maximum absolute atomic E-state index is 12.3. The van der Waals surface area contributed by atoms with Gasteiger partial charge in [-0.25, -0.2) is 9.59 Å². The third-order valence-corrected chi connectivity index (χ3v) is 3.83. The van der Waals surface area contributed by atoms with E-state index in [1.165, 1.54) is 4.90 Å². The van der Waals surface area contributed by atoms with Crippen LogP contribution in [0.2, 0.25) is 0 Å². The number of carbonyl (C=O) groups is 2. The largest absolute Gasteiger partial charge is 0.480 e. The zero-order valence-corrected chi connectivity index (χ0v) is 10.8. The number of nitrogens with zero attached hydrogens (tertiary/aromatic N) is 2. The minimum Gasteiger partial charge on any atom is -0.480 e. The van der Waals surface area contributed by atoms with Crippen molar-refractivity contribution in [2.45, 2.75) is 25.8 Å². The van der Waals surface area contributed by atoms with Crippen molar-refractivity contribution in [3.63, 3.8) is 0 Å². The lowest BCUT2D eigenvalue weighted by molar-refractivity contribution is -0.142. The summed E-state index contributed by atoms with van der Waals surface area (Å²) in [5.41, 5.74) is 0. The molecule has 2 saturated heterocycles. The van der Waals surface area contributed by atoms with Gasteiger partial charge in [-0.05, 0) is 18.8 Å². The molecular weight excluding hydrogens is 234 g/mol. The highest BCUT2D eigenvalue weighted by Gasteiger charge is 2.35. The number of piperazine rings is 1. The second-order valence-corrected chi connectivity index (χ2v) is 5.20. The smallest absolute Gasteiger partial charge is 0.327 e. The van der Waals surface area contributed by atoms with Gasteiger partial charge >= 0.3 is 12.0 Å². The first-order chi connectivity index (χ1) is 8.59. The van der Waals surface area contributed by atoms with Crippen LogP contribution in [0.4, 0.5) is 4.79 Å². The van der Waals surface area contributed by atoms with Gasteiger partial charge in [-0.2, -0.15) is 0 Å². The number of carbonyl (C=O) groups excluding carboxylic acids is 1. The van der Waals surface area contributed by atoms with E-state index < -0.39 is 12.0 Å². The molecule has 6 nitrogen and oxygen atoms in total. The highest BCUT2D eigenvalue weighted by atomic mass is 16.4. The molecule has 1 atom stereocenters. The number of hydrogen-bond acceptors (Lipinski definition) is 3. The third kappa shape index (κ3) is 2.75. The Bertz CT molecular complexity index is 327. The summed E-state index contributed by atoms with van der Waals surface area (Å²) in [5.74, 6) is -0.270. The molecule has 102 valence electrons. The van der Waals surface area contributed by atoms with Gasteiger partial charge in [0.1, 0.15) is 6.04 Å². The van der Waals surface area contributed by atoms with Crippen LogP contribution in [0.1, 0.15) is 19.8 Å². The lowest BCUT2D eigenvalue weighted by Gasteiger charge is -2.39. The van der Waals surface area contributed by atoms with E-state index in [-0.39, 0.29) is 6.03 Å². The predicted molar refractivity (Wildman–Crippen MR) is 66.4 cm³/mol. The summed E-state index contributed by atoms with van der Waals surface area (Å²) in [6, 6.07) is -0.846. The monoisotopic (exact) mass is 255 g/mol. The molecule has 0 aromatic heterocycles. The first-order valence-corrected chi connectivity index (χ1v) is 6.58. The average Bonchev–Trinajstić information content (AvgIpc) is 2.39. The van der Waals surface area contributed by atoms with E-state index in [4.69, 9.17) is 5.11 Å². The summed E-state index contributed by atoms with van der Waals surface area (Å²) in [7, 11) is 0. The summed E-state index contributed by atoms with van der Waals surface area (Å²) in [5, 5.41) is 12.2. The number of nitrogens with one attached hydrogen (secondary N) is 1. The molecule has 2 N–H and O–H groups in total. The van der Waals surface area contributed by atoms with Gasteiger partial charge in [-0.15, -0.1) is 0 Å². The second-order valence-electron chi connectivity index (χ2n) is 5.20. The van der Waals surface area contributed by atoms with Crippen LogP contribution in [0, 0.1) is 5.92 Å². The molecule has 0 bridgehead atoms. The molecule has 0 spiro atoms. The standard InChI is InChI=1S/C12H21N3O3/c1-9-2-5-14(6-3-9)12(18)15-7-4-13-8-10(15)11(16)17/h9-10,13H,2-8H2,1H3,(H,16,17). The normalized spacial score (nSPS) is 26.2. The van der Waals surface area contributed by atoms with Crippen molar-refractivity contribution < 1.29 is 14.7 Å². The molecule has 18 heavy (non-hydrogen) atoms. The minimum atomic E-state index is -0.930. The number of rotatable bonds is 1. The predicted octanol–water partition coefficient (Wildman–Crippen LogP) is 0.197. The summed E-state index contributed by atoms with van der Waals surface area (Å²) in [6.07, 6.45) is 2.02. The van der Waals surface area contributed by atoms with Crippen molar-refractivity contribution in [1.29, 1.82) is 0 Å². The second kappa shape index (κ2) is 5.56. The molecule has 0 saturated carbocycles. The van der Waals surface area contributed by atoms with Gasteiger partial charge < -0.3 is 20.2 Å². The molecule has 2 fully saturated rings. The maximum atomic E-state index is 12.3. The van der Waals surface area contributed by atoms with Crippen LogP contribution >= 0.6 is 0 Å². The van der Waals surface area contributed by atoms with Gasteiger partial charge in [0, 0.05) is 32.7 Å². The number of piperidine rings is 1. The Labute approximate surface area is 107 Å². The van der Waals surface area contributed by atoms with E-state index in [9.17, 15) is 9.59 Å². The van der Waals surface area contributed by atoms with E-state index in [1.54, 1.807) is 4.90 Å². The molecule has 0 radical (unpaired) electrons. The summed E-state index contributed by atoms with van der Waals surface area (Å²) >= 11 is 0. The number of aliphatic carboxylic acids is 1. The van der Waals surface area contributed by atoms with E-state index in [0.717, 1.165) is 25.9 Å². The summed E-state index contributed by atoms with van der Waals surface area (Å²) < 4.78 is 0. The fourth-order valence-corrected chi connectivity index (χ4v) is 2.54. The third-order valence-electron chi connectivity index (χ3n) is 3.83. The molecule has 1 unspecified atom stereocenters. The number of carboxylic acids is 1. The fraction of sp³-hybridized carbons (Fsp3) is 0.833. The van der Waals surface area contributed by atoms with E-state index in [2.05, 4.69) is 12.2 Å². The van der Waals surface area contributed by atoms with Crippen LogP contribution in [0.5, 0.6) is 0 Å². The van der Waals surface area contributed by atoms with Crippen LogP contribution in [0.3, 0.4) is 0 Å². The lowest BCUT2D eigenvalue weighted by atomic mass is 9.99. The van der Waals surface area contributed by atoms with Gasteiger partial charge in [-0.3, -0.25) is 0 Å². The minimum absolute atomic E-state index is 0.115. The Morgan fingerprint density at radius 2 is 1.89 bits per heavy atom. The fourth-order valence-electron chi connectivity index (χ4n) is 2.54. The van der Waals surface area contributed by atoms with Crippen molar-refractivity contribution >= 4 is 12.0 Å². The summed E-state index contributed by atoms with van der Waals surface area (Å²) in [6.45, 7) is 5.16.